The molecular weight excluding hydrogens is 504 g/mol. The highest BCUT2D eigenvalue weighted by Crippen LogP contribution is 2.27. The molecular formula is C30H18O9. The van der Waals surface area contributed by atoms with E-state index in [4.69, 9.17) is 10.2 Å². The fraction of sp³-hybridized carbons (Fsp3) is 0. The molecule has 2 aliphatic carbocycles. The first-order valence-electron chi connectivity index (χ1n) is 11.4. The Bertz CT molecular complexity index is 1330. The summed E-state index contributed by atoms with van der Waals surface area (Å²) in [5, 5.41) is 15.0. The smallest absolute Gasteiger partial charge is 0.449 e. The number of ketones is 4. The summed E-state index contributed by atoms with van der Waals surface area (Å²) in [6.07, 6.45) is -3.62. The van der Waals surface area contributed by atoms with Crippen molar-refractivity contribution in [1.82, 2.24) is 0 Å². The first kappa shape index (κ1) is 26.4. The first-order valence-corrected chi connectivity index (χ1v) is 11.4. The summed E-state index contributed by atoms with van der Waals surface area (Å²) < 4.78 is 3.08. The molecule has 0 aliphatic heterocycles. The molecule has 4 aromatic rings. The maximum atomic E-state index is 12.1. The minimum Gasteiger partial charge on any atom is -0.449 e. The zero-order valence-corrected chi connectivity index (χ0v) is 20.0. The van der Waals surface area contributed by atoms with Crippen LogP contribution in [0.1, 0.15) is 63.7 Å². The highest BCUT2D eigenvalue weighted by molar-refractivity contribution is 6.29. The maximum absolute atomic E-state index is 12.1. The molecule has 0 saturated carbocycles. The van der Waals surface area contributed by atoms with Gasteiger partial charge in [-0.25, -0.2) is 9.59 Å². The van der Waals surface area contributed by atoms with Gasteiger partial charge in [0.15, 0.2) is 23.1 Å². The molecule has 192 valence electrons. The van der Waals surface area contributed by atoms with E-state index in [1.54, 1.807) is 97.1 Å². The van der Waals surface area contributed by atoms with Crippen LogP contribution in [0.3, 0.4) is 0 Å². The lowest BCUT2D eigenvalue weighted by molar-refractivity contribution is 0.0799. The third kappa shape index (κ3) is 5.37. The van der Waals surface area contributed by atoms with Crippen LogP contribution in [-0.2, 0) is 4.74 Å². The molecule has 0 radical (unpaired) electrons. The third-order valence-electron chi connectivity index (χ3n) is 5.84. The molecule has 4 aromatic carbocycles. The minimum atomic E-state index is -1.81. The number of rotatable bonds is 0. The van der Waals surface area contributed by atoms with Crippen LogP contribution in [0.2, 0.25) is 0 Å². The Morgan fingerprint density at radius 2 is 0.538 bits per heavy atom. The second kappa shape index (κ2) is 11.1. The minimum absolute atomic E-state index is 0.0641. The van der Waals surface area contributed by atoms with Crippen LogP contribution in [0.15, 0.2) is 97.1 Å². The molecule has 0 bridgehead atoms. The molecule has 0 heterocycles. The lowest BCUT2D eigenvalue weighted by Crippen LogP contribution is -2.20. The number of carboxylic acid groups (broad SMARTS) is 2. The summed E-state index contributed by atoms with van der Waals surface area (Å²) in [5.41, 5.74) is 4.05. The van der Waals surface area contributed by atoms with E-state index in [-0.39, 0.29) is 23.1 Å². The Labute approximate surface area is 220 Å². The summed E-state index contributed by atoms with van der Waals surface area (Å²) in [5.74, 6) is -0.256. The Morgan fingerprint density at radius 1 is 0.385 bits per heavy atom. The number of carbonyl (C=O) groups is 6. The lowest BCUT2D eigenvalue weighted by atomic mass is 9.84. The van der Waals surface area contributed by atoms with Crippen molar-refractivity contribution in [2.24, 2.45) is 0 Å². The van der Waals surface area contributed by atoms with E-state index in [1.165, 1.54) is 0 Å². The van der Waals surface area contributed by atoms with Gasteiger partial charge in [0.2, 0.25) is 0 Å². The van der Waals surface area contributed by atoms with Gasteiger partial charge in [-0.05, 0) is 0 Å². The van der Waals surface area contributed by atoms with E-state index in [0.717, 1.165) is 0 Å². The lowest BCUT2D eigenvalue weighted by Gasteiger charge is -2.16. The van der Waals surface area contributed by atoms with Gasteiger partial charge in [-0.15, -0.1) is 0 Å². The molecule has 0 atom stereocenters. The van der Waals surface area contributed by atoms with Crippen molar-refractivity contribution in [2.75, 3.05) is 0 Å². The van der Waals surface area contributed by atoms with Crippen LogP contribution >= 0.6 is 0 Å². The van der Waals surface area contributed by atoms with Crippen LogP contribution in [-0.4, -0.2) is 45.7 Å². The van der Waals surface area contributed by atoms with Crippen molar-refractivity contribution < 1.29 is 43.7 Å². The molecule has 39 heavy (non-hydrogen) atoms. The van der Waals surface area contributed by atoms with Crippen molar-refractivity contribution in [3.05, 3.63) is 142 Å². The van der Waals surface area contributed by atoms with Gasteiger partial charge < -0.3 is 14.9 Å². The number of carbonyl (C=O) groups excluding carboxylic acids is 4. The van der Waals surface area contributed by atoms with E-state index < -0.39 is 12.3 Å². The molecule has 9 heteroatoms. The number of fused-ring (bicyclic) bond motifs is 4. The molecule has 0 aromatic heterocycles. The van der Waals surface area contributed by atoms with Gasteiger partial charge in [-0.1, -0.05) is 97.1 Å². The predicted molar refractivity (Wildman–Crippen MR) is 137 cm³/mol. The summed E-state index contributed by atoms with van der Waals surface area (Å²) in [7, 11) is 0. The molecule has 0 fully saturated rings. The highest BCUT2D eigenvalue weighted by Gasteiger charge is 2.29. The number of ether oxygens (including phenoxy) is 1. The fourth-order valence-corrected chi connectivity index (χ4v) is 4.17. The van der Waals surface area contributed by atoms with Crippen molar-refractivity contribution in [3.63, 3.8) is 0 Å². The number of hydrogen-bond donors (Lipinski definition) is 2. The Morgan fingerprint density at radius 3 is 0.641 bits per heavy atom. The van der Waals surface area contributed by atoms with Gasteiger partial charge in [-0.2, -0.15) is 0 Å². The van der Waals surface area contributed by atoms with Gasteiger partial charge in [0.25, 0.3) is 0 Å². The van der Waals surface area contributed by atoms with Crippen LogP contribution in [0.25, 0.3) is 0 Å². The maximum Gasteiger partial charge on any atom is 0.516 e. The number of hydrogen-bond acceptors (Lipinski definition) is 7. The molecule has 9 nitrogen and oxygen atoms in total. The van der Waals surface area contributed by atoms with E-state index in [0.29, 0.717) is 44.5 Å². The molecule has 0 amide bonds. The van der Waals surface area contributed by atoms with Gasteiger partial charge >= 0.3 is 12.3 Å². The topological polar surface area (TPSA) is 152 Å². The van der Waals surface area contributed by atoms with Crippen molar-refractivity contribution in [3.8, 4) is 0 Å². The third-order valence-corrected chi connectivity index (χ3v) is 5.84. The Kier molecular flexibility index (Phi) is 7.53. The standard InChI is InChI=1S/2C14H8O2.C2H2O5/c2*15-13-9-5-1-2-6-10(9)14(16)12-8-4-3-7-11(12)13;3-1(4)7-2(5)6/h2*1-8H;(H,3,4)(H,5,6). The van der Waals surface area contributed by atoms with Crippen LogP contribution < -0.4 is 0 Å². The second-order valence-corrected chi connectivity index (χ2v) is 8.13. The van der Waals surface area contributed by atoms with Crippen molar-refractivity contribution >= 4 is 35.4 Å². The molecule has 0 unspecified atom stereocenters. The molecule has 6 rings (SSSR count). The Balaban J connectivity index is 0.000000147. The SMILES string of the molecule is O=C(O)OC(=O)O.O=C1c2ccccc2C(=O)c2ccccc21.O=C1c2ccccc2C(=O)c2ccccc21. The average Bonchev–Trinajstić information content (AvgIpc) is 2.95. The van der Waals surface area contributed by atoms with Gasteiger partial charge in [-0.3, -0.25) is 19.2 Å². The molecule has 2 aliphatic rings. The van der Waals surface area contributed by atoms with Crippen LogP contribution in [0, 0.1) is 0 Å². The van der Waals surface area contributed by atoms with E-state index >= 15 is 0 Å². The molecule has 2 N–H and O–H groups in total. The predicted octanol–water partition coefficient (Wildman–Crippen LogP) is 5.28. The van der Waals surface area contributed by atoms with Crippen LogP contribution in [0.5, 0.6) is 0 Å². The summed E-state index contributed by atoms with van der Waals surface area (Å²) in [4.78, 5) is 66.8. The van der Waals surface area contributed by atoms with E-state index in [2.05, 4.69) is 4.74 Å². The normalized spacial score (nSPS) is 12.2. The monoisotopic (exact) mass is 522 g/mol. The van der Waals surface area contributed by atoms with Gasteiger partial charge in [0.1, 0.15) is 0 Å². The largest absolute Gasteiger partial charge is 0.516 e. The van der Waals surface area contributed by atoms with Gasteiger partial charge in [0, 0.05) is 44.5 Å². The first-order chi connectivity index (χ1) is 18.7. The average molecular weight is 522 g/mol. The summed E-state index contributed by atoms with van der Waals surface area (Å²) >= 11 is 0. The molecule has 0 spiro atoms. The van der Waals surface area contributed by atoms with Crippen molar-refractivity contribution in [2.45, 2.75) is 0 Å². The highest BCUT2D eigenvalue weighted by atomic mass is 16.7. The van der Waals surface area contributed by atoms with E-state index in [9.17, 15) is 28.8 Å². The zero-order chi connectivity index (χ0) is 28.1. The van der Waals surface area contributed by atoms with E-state index in [1.807, 2.05) is 0 Å². The second-order valence-electron chi connectivity index (χ2n) is 8.13. The quantitative estimate of drug-likeness (QED) is 0.200. The molecule has 0 saturated heterocycles. The van der Waals surface area contributed by atoms with Crippen LogP contribution in [0.4, 0.5) is 9.59 Å². The van der Waals surface area contributed by atoms with Gasteiger partial charge in [0.05, 0.1) is 0 Å². The summed E-state index contributed by atoms with van der Waals surface area (Å²) in [6, 6.07) is 27.8. The van der Waals surface area contributed by atoms with Crippen molar-refractivity contribution in [1.29, 1.82) is 0 Å². The Hall–Kier alpha value is -5.70. The zero-order valence-electron chi connectivity index (χ0n) is 20.0. The fourth-order valence-electron chi connectivity index (χ4n) is 4.17. The number of benzene rings is 4. The summed E-state index contributed by atoms with van der Waals surface area (Å²) in [6.45, 7) is 0.